The number of halogens is 1. The Morgan fingerprint density at radius 1 is 1.12 bits per heavy atom. The van der Waals surface area contributed by atoms with Gasteiger partial charge in [-0.15, -0.1) is 0 Å². The normalized spacial score (nSPS) is 22.0. The van der Waals surface area contributed by atoms with Gasteiger partial charge in [0, 0.05) is 55.1 Å². The standard InChI is InChI=1S/C26H33FN4O2/c1-32-25-7-4-19(27)16-22(25)21-8-9-29-26-23(21)17-24(30-26)18-2-5-20(6-3-18)28-10-11-31-12-14-33-15-13-31/h4,7-9,16-18,20,28H,2-3,5-6,10-15H2,1H3,(H,29,30)/t18-,20-. The third-order valence-corrected chi connectivity index (χ3v) is 7.14. The van der Waals surface area contributed by atoms with Crippen LogP contribution < -0.4 is 10.1 Å². The quantitative estimate of drug-likeness (QED) is 0.559. The van der Waals surface area contributed by atoms with E-state index in [2.05, 4.69) is 26.3 Å². The van der Waals surface area contributed by atoms with Gasteiger partial charge in [0.1, 0.15) is 17.2 Å². The number of ether oxygens (including phenoxy) is 2. The Hall–Kier alpha value is -2.48. The molecule has 1 aromatic carbocycles. The molecule has 2 N–H and O–H groups in total. The second-order valence-corrected chi connectivity index (χ2v) is 9.15. The number of nitrogens with zero attached hydrogens (tertiary/aromatic N) is 2. The summed E-state index contributed by atoms with van der Waals surface area (Å²) in [4.78, 5) is 10.6. The van der Waals surface area contributed by atoms with Crippen molar-refractivity contribution in [2.75, 3.05) is 46.5 Å². The molecule has 0 radical (unpaired) electrons. The van der Waals surface area contributed by atoms with Crippen LogP contribution in [0, 0.1) is 5.82 Å². The average Bonchev–Trinajstić information content (AvgIpc) is 3.30. The maximum atomic E-state index is 14.0. The number of morpholine rings is 1. The zero-order valence-corrected chi connectivity index (χ0v) is 19.3. The Kier molecular flexibility index (Phi) is 6.90. The molecule has 0 spiro atoms. The minimum atomic E-state index is -0.272. The van der Waals surface area contributed by atoms with Crippen molar-refractivity contribution in [1.82, 2.24) is 20.2 Å². The van der Waals surface area contributed by atoms with Gasteiger partial charge in [-0.1, -0.05) is 0 Å². The molecule has 0 bridgehead atoms. The highest BCUT2D eigenvalue weighted by Crippen LogP contribution is 2.38. The van der Waals surface area contributed by atoms with E-state index in [0.29, 0.717) is 17.7 Å². The van der Waals surface area contributed by atoms with Crippen LogP contribution in [0.4, 0.5) is 4.39 Å². The lowest BCUT2D eigenvalue weighted by molar-refractivity contribution is 0.0379. The summed E-state index contributed by atoms with van der Waals surface area (Å²) in [6, 6.07) is 9.38. The van der Waals surface area contributed by atoms with Crippen molar-refractivity contribution in [1.29, 1.82) is 0 Å². The number of fused-ring (bicyclic) bond motifs is 1. The third-order valence-electron chi connectivity index (χ3n) is 7.14. The minimum Gasteiger partial charge on any atom is -0.496 e. The lowest BCUT2D eigenvalue weighted by atomic mass is 9.84. The molecule has 176 valence electrons. The maximum Gasteiger partial charge on any atom is 0.138 e. The molecule has 3 aromatic rings. The van der Waals surface area contributed by atoms with Crippen LogP contribution in [0.1, 0.15) is 37.3 Å². The Morgan fingerprint density at radius 2 is 1.94 bits per heavy atom. The zero-order chi connectivity index (χ0) is 22.6. The second-order valence-electron chi connectivity index (χ2n) is 9.15. The monoisotopic (exact) mass is 452 g/mol. The first-order valence-corrected chi connectivity index (χ1v) is 12.1. The van der Waals surface area contributed by atoms with Crippen molar-refractivity contribution in [3.8, 4) is 16.9 Å². The van der Waals surface area contributed by atoms with Gasteiger partial charge in [-0.3, -0.25) is 4.90 Å². The van der Waals surface area contributed by atoms with Crippen LogP contribution in [0.5, 0.6) is 5.75 Å². The summed E-state index contributed by atoms with van der Waals surface area (Å²) in [5.74, 6) is 0.889. The molecule has 2 aliphatic rings. The van der Waals surface area contributed by atoms with Gasteiger partial charge in [-0.05, 0) is 67.5 Å². The van der Waals surface area contributed by atoms with Crippen molar-refractivity contribution < 1.29 is 13.9 Å². The van der Waals surface area contributed by atoms with Crippen LogP contribution in [-0.4, -0.2) is 67.4 Å². The van der Waals surface area contributed by atoms with Gasteiger partial charge in [0.2, 0.25) is 0 Å². The number of methoxy groups -OCH3 is 1. The zero-order valence-electron chi connectivity index (χ0n) is 19.3. The van der Waals surface area contributed by atoms with Crippen LogP contribution >= 0.6 is 0 Å². The van der Waals surface area contributed by atoms with E-state index in [1.807, 2.05) is 6.07 Å². The molecular weight excluding hydrogens is 419 g/mol. The number of rotatable bonds is 7. The molecule has 7 heteroatoms. The first kappa shape index (κ1) is 22.3. The molecule has 2 aromatic heterocycles. The molecule has 6 nitrogen and oxygen atoms in total. The Labute approximate surface area is 194 Å². The van der Waals surface area contributed by atoms with Crippen molar-refractivity contribution in [3.63, 3.8) is 0 Å². The van der Waals surface area contributed by atoms with Gasteiger partial charge in [0.15, 0.2) is 0 Å². The van der Waals surface area contributed by atoms with Crippen molar-refractivity contribution in [3.05, 3.63) is 48.0 Å². The van der Waals surface area contributed by atoms with Gasteiger partial charge >= 0.3 is 0 Å². The summed E-state index contributed by atoms with van der Waals surface area (Å²) in [6.07, 6.45) is 6.45. The summed E-state index contributed by atoms with van der Waals surface area (Å²) in [5, 5.41) is 4.78. The van der Waals surface area contributed by atoms with Crippen molar-refractivity contribution in [2.24, 2.45) is 0 Å². The van der Waals surface area contributed by atoms with E-state index < -0.39 is 0 Å². The fourth-order valence-corrected chi connectivity index (χ4v) is 5.25. The van der Waals surface area contributed by atoms with E-state index in [1.165, 1.54) is 30.7 Å². The number of benzene rings is 1. The van der Waals surface area contributed by atoms with Crippen LogP contribution in [0.25, 0.3) is 22.2 Å². The molecule has 0 atom stereocenters. The number of aromatic amines is 1. The summed E-state index contributed by atoms with van der Waals surface area (Å²) in [7, 11) is 1.62. The lowest BCUT2D eigenvalue weighted by Gasteiger charge is -2.31. The molecule has 1 saturated carbocycles. The first-order chi connectivity index (χ1) is 16.2. The SMILES string of the molecule is COc1ccc(F)cc1-c1ccnc2[nH]c([C@H]3CC[C@H](NCCN4CCOCC4)CC3)cc12. The highest BCUT2D eigenvalue weighted by Gasteiger charge is 2.24. The predicted octanol–water partition coefficient (Wildman–Crippen LogP) is 4.33. The molecule has 0 unspecified atom stereocenters. The Bertz CT molecular complexity index is 1070. The molecule has 0 amide bonds. The topological polar surface area (TPSA) is 62.4 Å². The summed E-state index contributed by atoms with van der Waals surface area (Å²) < 4.78 is 24.9. The summed E-state index contributed by atoms with van der Waals surface area (Å²) in [6.45, 7) is 5.96. The van der Waals surface area contributed by atoms with Crippen LogP contribution in [0.2, 0.25) is 0 Å². The van der Waals surface area contributed by atoms with Crippen LogP contribution in [0.3, 0.4) is 0 Å². The maximum absolute atomic E-state index is 14.0. The number of pyridine rings is 1. The van der Waals surface area contributed by atoms with E-state index >= 15 is 0 Å². The van der Waals surface area contributed by atoms with Crippen molar-refractivity contribution >= 4 is 11.0 Å². The fourth-order valence-electron chi connectivity index (χ4n) is 5.25. The Morgan fingerprint density at radius 3 is 2.73 bits per heavy atom. The van der Waals surface area contributed by atoms with Crippen LogP contribution in [-0.2, 0) is 4.74 Å². The Balaban J connectivity index is 1.24. The number of hydrogen-bond donors (Lipinski definition) is 2. The van der Waals surface area contributed by atoms with Gasteiger partial charge in [-0.25, -0.2) is 9.37 Å². The molecule has 3 heterocycles. The van der Waals surface area contributed by atoms with Gasteiger partial charge in [0.05, 0.1) is 20.3 Å². The molecule has 1 aliphatic carbocycles. The number of H-pyrrole nitrogens is 1. The van der Waals surface area contributed by atoms with E-state index in [-0.39, 0.29) is 5.82 Å². The van der Waals surface area contributed by atoms with Gasteiger partial charge < -0.3 is 19.8 Å². The van der Waals surface area contributed by atoms with Crippen LogP contribution in [0.15, 0.2) is 36.5 Å². The minimum absolute atomic E-state index is 0.272. The highest BCUT2D eigenvalue weighted by atomic mass is 19.1. The predicted molar refractivity (Wildman–Crippen MR) is 128 cm³/mol. The smallest absolute Gasteiger partial charge is 0.138 e. The van der Waals surface area contributed by atoms with E-state index in [4.69, 9.17) is 9.47 Å². The van der Waals surface area contributed by atoms with E-state index in [9.17, 15) is 4.39 Å². The molecule has 5 rings (SSSR count). The summed E-state index contributed by atoms with van der Waals surface area (Å²) >= 11 is 0. The molecule has 1 saturated heterocycles. The number of nitrogens with one attached hydrogen (secondary N) is 2. The summed E-state index contributed by atoms with van der Waals surface area (Å²) in [5.41, 5.74) is 3.77. The highest BCUT2D eigenvalue weighted by molar-refractivity contribution is 5.95. The van der Waals surface area contributed by atoms with Gasteiger partial charge in [-0.2, -0.15) is 0 Å². The lowest BCUT2D eigenvalue weighted by Crippen LogP contribution is -2.43. The number of aromatic nitrogens is 2. The largest absolute Gasteiger partial charge is 0.496 e. The average molecular weight is 453 g/mol. The van der Waals surface area contributed by atoms with E-state index in [1.54, 1.807) is 19.4 Å². The fraction of sp³-hybridized carbons (Fsp3) is 0.500. The van der Waals surface area contributed by atoms with E-state index in [0.717, 1.165) is 74.4 Å². The second kappa shape index (κ2) is 10.2. The molecule has 2 fully saturated rings. The molecular formula is C26H33FN4O2. The first-order valence-electron chi connectivity index (χ1n) is 12.1. The van der Waals surface area contributed by atoms with Crippen molar-refractivity contribution in [2.45, 2.75) is 37.6 Å². The van der Waals surface area contributed by atoms with Gasteiger partial charge in [0.25, 0.3) is 0 Å². The molecule has 33 heavy (non-hydrogen) atoms. The number of hydrogen-bond acceptors (Lipinski definition) is 5. The molecule has 1 aliphatic heterocycles. The third kappa shape index (κ3) is 5.05.